The zero-order valence-corrected chi connectivity index (χ0v) is 29.9. The fourth-order valence-electron chi connectivity index (χ4n) is 7.98. The fraction of sp³-hybridized carbons (Fsp3) is 0.111. The smallest absolute Gasteiger partial charge is 0.136 e. The summed E-state index contributed by atoms with van der Waals surface area (Å²) in [6.45, 7) is 7.58. The van der Waals surface area contributed by atoms with Gasteiger partial charge in [0.1, 0.15) is 11.2 Å². The molecule has 1 nitrogen and oxygen atoms in total. The van der Waals surface area contributed by atoms with Crippen LogP contribution in [-0.2, 0) is 5.41 Å². The van der Waals surface area contributed by atoms with E-state index in [2.05, 4.69) is 0 Å². The monoisotopic (exact) mass is 729 g/mol. The van der Waals surface area contributed by atoms with Gasteiger partial charge in [-0.25, -0.2) is 0 Å². The molecule has 0 spiro atoms. The summed E-state index contributed by atoms with van der Waals surface area (Å²) in [6.07, 6.45) is 0. The van der Waals surface area contributed by atoms with Crippen molar-refractivity contribution in [1.29, 1.82) is 0 Å². The van der Waals surface area contributed by atoms with Crippen LogP contribution in [0.5, 0.6) is 0 Å². The lowest BCUT2D eigenvalue weighted by Crippen LogP contribution is -2.14. The molecule has 0 saturated carbocycles. The molecule has 11 rings (SSSR count). The third-order valence-electron chi connectivity index (χ3n) is 10.6. The molecule has 262 valence electrons. The second-order valence-electron chi connectivity index (χ2n) is 14.1. The molecule has 10 aromatic rings. The van der Waals surface area contributed by atoms with Gasteiger partial charge >= 0.3 is 0 Å². The van der Waals surface area contributed by atoms with Crippen LogP contribution in [0.2, 0.25) is 0 Å². The van der Waals surface area contributed by atoms with Crippen LogP contribution in [-0.4, -0.2) is 0 Å². The van der Waals surface area contributed by atoms with E-state index >= 15 is 0 Å². The van der Waals surface area contributed by atoms with Gasteiger partial charge in [-0.1, -0.05) is 146 Å². The first kappa shape index (κ1) is 15.7. The summed E-state index contributed by atoms with van der Waals surface area (Å²) in [4.78, 5) is 0. The molecule has 1 heterocycles. The second kappa shape index (κ2) is 11.5. The highest BCUT2D eigenvalue weighted by Gasteiger charge is 2.36. The van der Waals surface area contributed by atoms with E-state index in [4.69, 9.17) is 19.5 Å². The summed E-state index contributed by atoms with van der Waals surface area (Å²) in [7, 11) is 0. The van der Waals surface area contributed by atoms with Crippen molar-refractivity contribution in [3.63, 3.8) is 0 Å². The maximum absolute atomic E-state index is 9.98. The molecule has 55 heavy (non-hydrogen) atoms. The average Bonchev–Trinajstić information content (AvgIpc) is 4.11. The lowest BCUT2D eigenvalue weighted by molar-refractivity contribution is 0.660. The second-order valence-corrected chi connectivity index (χ2v) is 14.1. The summed E-state index contributed by atoms with van der Waals surface area (Å²) in [5, 5.41) is -3.70. The molecule has 1 aromatic heterocycles. The van der Waals surface area contributed by atoms with Gasteiger partial charge in [0, 0.05) is 16.2 Å². The topological polar surface area (TPSA) is 13.1 Å². The molecule has 0 unspecified atom stereocenters. The highest BCUT2D eigenvalue weighted by molar-refractivity contribution is 6.23. The van der Waals surface area contributed by atoms with Crippen LogP contribution in [0, 0.1) is 20.8 Å². The Balaban J connectivity index is 1.36. The van der Waals surface area contributed by atoms with Crippen LogP contribution in [0.4, 0.5) is 0 Å². The first-order valence-corrected chi connectivity index (χ1v) is 17.4. The Hall–Kier alpha value is -6.44. The molecule has 1 heteroatoms. The van der Waals surface area contributed by atoms with Gasteiger partial charge in [0.25, 0.3) is 0 Å². The summed E-state index contributed by atoms with van der Waals surface area (Å²) < 4.78 is 237. The van der Waals surface area contributed by atoms with Gasteiger partial charge in [-0.15, -0.1) is 0 Å². The minimum Gasteiger partial charge on any atom is -0.456 e. The molecule has 0 N–H and O–H groups in total. The molecule has 0 saturated heterocycles. The van der Waals surface area contributed by atoms with Crippen molar-refractivity contribution in [2.45, 2.75) is 40.0 Å². The first-order valence-electron chi connectivity index (χ1n) is 29.9. The molecule has 0 aliphatic heterocycles. The van der Waals surface area contributed by atoms with E-state index in [0.717, 1.165) is 0 Å². The summed E-state index contributed by atoms with van der Waals surface area (Å²) in [6, 6.07) is -17.2. The average molecular weight is 730 g/mol. The molecule has 9 aromatic carbocycles. The number of fused-ring (bicyclic) bond motifs is 9. The van der Waals surface area contributed by atoms with Crippen LogP contribution < -0.4 is 0 Å². The van der Waals surface area contributed by atoms with Crippen LogP contribution >= 0.6 is 0 Å². The Morgan fingerprint density at radius 1 is 0.418 bits per heavy atom. The van der Waals surface area contributed by atoms with E-state index in [0.29, 0.717) is 0 Å². The van der Waals surface area contributed by atoms with Crippen LogP contribution in [0.3, 0.4) is 0 Å². The molecular formula is C54H40O. The summed E-state index contributed by atoms with van der Waals surface area (Å²) in [5.41, 5.74) is -4.33. The zero-order chi connectivity index (χ0) is 58.9. The first-order chi connectivity index (χ1) is 37.2. The molecule has 1 aliphatic rings. The summed E-state index contributed by atoms with van der Waals surface area (Å²) >= 11 is 0. The van der Waals surface area contributed by atoms with Crippen LogP contribution in [0.25, 0.3) is 98.8 Å². The molecule has 0 amide bonds. The largest absolute Gasteiger partial charge is 0.456 e. The van der Waals surface area contributed by atoms with Crippen LogP contribution in [0.1, 0.15) is 75.9 Å². The van der Waals surface area contributed by atoms with Crippen molar-refractivity contribution >= 4 is 54.3 Å². The number of benzene rings is 9. The number of furan rings is 1. The SMILES string of the molecule is [2H]c1c([2H])c(-c2c([2H])c([2H])c3c(c2C)-c2c([2H])c([2H])c([2H])c([2H])c2C3(C)C)c(C)c(-c2c3c([2H])c([2H])c([2H])c([2H])c3c(-c3c([2H])c([2H])c4oc5c([2H])c6c([2H])c(C)c([2H])c([2H])c6c([2H])c5c4c3[2H])c3c([2H])c([2H])c([2H])c([2H])c23)c1[2H]. The van der Waals surface area contributed by atoms with Gasteiger partial charge in [-0.3, -0.25) is 0 Å². The van der Waals surface area contributed by atoms with Crippen molar-refractivity contribution < 1.29 is 38.7 Å². The van der Waals surface area contributed by atoms with Gasteiger partial charge < -0.3 is 4.42 Å². The minimum atomic E-state index is -1.27. The number of rotatable bonds is 3. The minimum absolute atomic E-state index is 0.0243. The van der Waals surface area contributed by atoms with Gasteiger partial charge in [0.15, 0.2) is 0 Å². The normalized spacial score (nSPS) is 19.7. The van der Waals surface area contributed by atoms with Crippen molar-refractivity contribution in [2.75, 3.05) is 0 Å². The molecule has 0 fully saturated rings. The van der Waals surface area contributed by atoms with E-state index < -0.39 is 205 Å². The van der Waals surface area contributed by atoms with Gasteiger partial charge in [-0.05, 0) is 144 Å². The Labute approximate surface area is 356 Å². The van der Waals surface area contributed by atoms with E-state index in [-0.39, 0.29) is 78.3 Å². The predicted molar refractivity (Wildman–Crippen MR) is 234 cm³/mol. The molecule has 0 bridgehead atoms. The Morgan fingerprint density at radius 3 is 1.82 bits per heavy atom. The molecule has 1 aliphatic carbocycles. The number of hydrogen-bond acceptors (Lipinski definition) is 1. The standard InChI is InChI=1S/C54H40O/c1-31-21-22-34-28-46-45-29-35(23-26-49(45)55-50(46)30-36(34)27-31)52-40-13-6-8-15-42(40)53(43-16-9-7-14-41(43)52)39-19-12-18-37(32(39)2)38-24-25-48-51(33(38)3)44-17-10-11-20-47(44)54(48,4)5/h6-30H,1-5H3/i6D,7D,8D,9D,10D,11D,12D,13D,14D,15D,16D,17D,18D,19D,20D,21D,22D,23D,24D,25D,26D,27D,28D,29D,30D. The zero-order valence-electron chi connectivity index (χ0n) is 54.9. The van der Waals surface area contributed by atoms with Crippen molar-refractivity contribution in [3.8, 4) is 44.5 Å². The lowest BCUT2D eigenvalue weighted by Gasteiger charge is -2.23. The van der Waals surface area contributed by atoms with Gasteiger partial charge in [0.05, 0.1) is 34.3 Å². The van der Waals surface area contributed by atoms with Crippen molar-refractivity contribution in [3.05, 3.63) is 179 Å². The van der Waals surface area contributed by atoms with Gasteiger partial charge in [0.2, 0.25) is 0 Å². The van der Waals surface area contributed by atoms with E-state index in [1.807, 2.05) is 0 Å². The van der Waals surface area contributed by atoms with Gasteiger partial charge in [-0.2, -0.15) is 0 Å². The molecular weight excluding hydrogens is 665 g/mol. The maximum Gasteiger partial charge on any atom is 0.136 e. The third kappa shape index (κ3) is 4.53. The van der Waals surface area contributed by atoms with E-state index in [1.54, 1.807) is 13.8 Å². The van der Waals surface area contributed by atoms with E-state index in [9.17, 15) is 19.2 Å². The Kier molecular flexibility index (Phi) is 3.30. The Bertz CT molecular complexity index is 4620. The van der Waals surface area contributed by atoms with Crippen molar-refractivity contribution in [2.24, 2.45) is 0 Å². The lowest BCUT2D eigenvalue weighted by atomic mass is 9.80. The quantitative estimate of drug-likeness (QED) is 0.165. The Morgan fingerprint density at radius 2 is 1.05 bits per heavy atom. The third-order valence-corrected chi connectivity index (χ3v) is 10.6. The highest BCUT2D eigenvalue weighted by Crippen LogP contribution is 2.52. The molecule has 0 atom stereocenters. The number of hydrogen-bond donors (Lipinski definition) is 0. The van der Waals surface area contributed by atoms with E-state index in [1.165, 1.54) is 20.8 Å². The van der Waals surface area contributed by atoms with Crippen LogP contribution in [0.15, 0.2) is 155 Å². The fourth-order valence-corrected chi connectivity index (χ4v) is 7.98. The summed E-state index contributed by atoms with van der Waals surface area (Å²) in [5.74, 6) is 0. The molecule has 0 radical (unpaired) electrons. The maximum atomic E-state index is 9.98. The van der Waals surface area contributed by atoms with Crippen molar-refractivity contribution in [1.82, 2.24) is 0 Å². The predicted octanol–water partition coefficient (Wildman–Crippen LogP) is 15.3. The highest BCUT2D eigenvalue weighted by atomic mass is 16.3.